The van der Waals surface area contributed by atoms with E-state index in [9.17, 15) is 9.59 Å². The van der Waals surface area contributed by atoms with Gasteiger partial charge in [0.25, 0.3) is 5.91 Å². The van der Waals surface area contributed by atoms with Crippen LogP contribution in [0.4, 0.5) is 0 Å². The van der Waals surface area contributed by atoms with Crippen molar-refractivity contribution in [2.45, 2.75) is 33.2 Å². The topological polar surface area (TPSA) is 70.5 Å². The molecular weight excluding hydrogens is 232 g/mol. The summed E-state index contributed by atoms with van der Waals surface area (Å²) in [7, 11) is 0. The van der Waals surface area contributed by atoms with Gasteiger partial charge in [0.1, 0.15) is 5.69 Å². The summed E-state index contributed by atoms with van der Waals surface area (Å²) in [5.74, 6) is -1.46. The number of carbonyl (C=O) groups excluding carboxylic acids is 1. The fourth-order valence-electron chi connectivity index (χ4n) is 1.72. The molecule has 0 bridgehead atoms. The van der Waals surface area contributed by atoms with Gasteiger partial charge in [-0.3, -0.25) is 9.78 Å². The van der Waals surface area contributed by atoms with Crippen LogP contribution in [0.1, 0.15) is 48.0 Å². The molecular formula is C13H18N2O3. The Balaban J connectivity index is 3.12. The summed E-state index contributed by atoms with van der Waals surface area (Å²) in [5.41, 5.74) is -0.0450. The minimum atomic E-state index is -1.13. The molecule has 0 aliphatic heterocycles. The number of aromatic nitrogens is 1. The first kappa shape index (κ1) is 14.2. The summed E-state index contributed by atoms with van der Waals surface area (Å²) in [6, 6.07) is 2.92. The first-order chi connectivity index (χ1) is 8.49. The van der Waals surface area contributed by atoms with E-state index >= 15 is 0 Å². The zero-order valence-electron chi connectivity index (χ0n) is 10.9. The third-order valence-electron chi connectivity index (χ3n) is 2.59. The molecule has 0 aliphatic carbocycles. The highest BCUT2D eigenvalue weighted by Crippen LogP contribution is 2.12. The van der Waals surface area contributed by atoms with Crippen molar-refractivity contribution < 1.29 is 14.7 Å². The maximum absolute atomic E-state index is 12.3. The molecule has 1 N–H and O–H groups in total. The zero-order valence-corrected chi connectivity index (χ0v) is 10.9. The number of hydrogen-bond donors (Lipinski definition) is 1. The van der Waals surface area contributed by atoms with E-state index in [1.54, 1.807) is 4.90 Å². The second kappa shape index (κ2) is 6.14. The molecule has 0 unspecified atom stereocenters. The van der Waals surface area contributed by atoms with E-state index < -0.39 is 5.97 Å². The number of aromatic carboxylic acids is 1. The number of carbonyl (C=O) groups is 2. The van der Waals surface area contributed by atoms with Crippen LogP contribution in [0.15, 0.2) is 18.3 Å². The van der Waals surface area contributed by atoms with Crippen LogP contribution >= 0.6 is 0 Å². The van der Waals surface area contributed by atoms with E-state index in [0.29, 0.717) is 6.54 Å². The molecule has 98 valence electrons. The lowest BCUT2D eigenvalue weighted by atomic mass is 10.1. The molecule has 18 heavy (non-hydrogen) atoms. The molecule has 0 aliphatic rings. The Hall–Kier alpha value is -1.91. The van der Waals surface area contributed by atoms with Crippen molar-refractivity contribution in [3.8, 4) is 0 Å². The van der Waals surface area contributed by atoms with Crippen LogP contribution in [0.5, 0.6) is 0 Å². The summed E-state index contributed by atoms with van der Waals surface area (Å²) in [4.78, 5) is 28.9. The molecule has 0 saturated carbocycles. The number of nitrogens with zero attached hydrogens (tertiary/aromatic N) is 2. The molecule has 1 amide bonds. The Bertz CT molecular complexity index is 444. The SMILES string of the molecule is CCCN(C(=O)c1ncccc1C(=O)O)C(C)C. The number of amides is 1. The molecule has 1 aromatic rings. The van der Waals surface area contributed by atoms with E-state index in [0.717, 1.165) is 6.42 Å². The van der Waals surface area contributed by atoms with Crippen molar-refractivity contribution in [1.82, 2.24) is 9.88 Å². The van der Waals surface area contributed by atoms with Crippen LogP contribution in [0, 0.1) is 0 Å². The lowest BCUT2D eigenvalue weighted by Gasteiger charge is -2.26. The Morgan fingerprint density at radius 2 is 2.11 bits per heavy atom. The van der Waals surface area contributed by atoms with Crippen molar-refractivity contribution in [3.63, 3.8) is 0 Å². The molecule has 0 radical (unpaired) electrons. The maximum Gasteiger partial charge on any atom is 0.338 e. The summed E-state index contributed by atoms with van der Waals surface area (Å²) < 4.78 is 0. The number of carboxylic acids is 1. The van der Waals surface area contributed by atoms with Crippen LogP contribution in [-0.2, 0) is 0 Å². The van der Waals surface area contributed by atoms with Crippen molar-refractivity contribution in [2.24, 2.45) is 0 Å². The average Bonchev–Trinajstić information content (AvgIpc) is 2.34. The molecule has 1 aromatic heterocycles. The first-order valence-corrected chi connectivity index (χ1v) is 5.98. The first-order valence-electron chi connectivity index (χ1n) is 5.98. The van der Waals surface area contributed by atoms with Gasteiger partial charge in [0, 0.05) is 18.8 Å². The van der Waals surface area contributed by atoms with E-state index in [1.165, 1.54) is 18.3 Å². The molecule has 5 heteroatoms. The van der Waals surface area contributed by atoms with Crippen molar-refractivity contribution in [1.29, 1.82) is 0 Å². The molecule has 0 atom stereocenters. The van der Waals surface area contributed by atoms with Crippen LogP contribution in [0.25, 0.3) is 0 Å². The van der Waals surface area contributed by atoms with Crippen LogP contribution in [0.3, 0.4) is 0 Å². The third kappa shape index (κ3) is 3.06. The molecule has 0 spiro atoms. The van der Waals surface area contributed by atoms with Gasteiger partial charge >= 0.3 is 5.97 Å². The Labute approximate surface area is 106 Å². The monoisotopic (exact) mass is 250 g/mol. The van der Waals surface area contributed by atoms with Crippen molar-refractivity contribution in [2.75, 3.05) is 6.54 Å². The second-order valence-corrected chi connectivity index (χ2v) is 4.30. The predicted molar refractivity (Wildman–Crippen MR) is 67.7 cm³/mol. The number of carboxylic acid groups (broad SMARTS) is 1. The lowest BCUT2D eigenvalue weighted by Crippen LogP contribution is -2.38. The summed E-state index contributed by atoms with van der Waals surface area (Å²) in [6.45, 7) is 6.36. The minimum absolute atomic E-state index is 0.00662. The van der Waals surface area contributed by atoms with Gasteiger partial charge in [0.05, 0.1) is 5.56 Å². The second-order valence-electron chi connectivity index (χ2n) is 4.30. The normalized spacial score (nSPS) is 10.4. The van der Waals surface area contributed by atoms with Gasteiger partial charge in [-0.15, -0.1) is 0 Å². The zero-order chi connectivity index (χ0) is 13.7. The summed E-state index contributed by atoms with van der Waals surface area (Å²) >= 11 is 0. The Morgan fingerprint density at radius 1 is 1.44 bits per heavy atom. The highest BCUT2D eigenvalue weighted by Gasteiger charge is 2.24. The predicted octanol–water partition coefficient (Wildman–Crippen LogP) is 2.04. The Kier molecular flexibility index (Phi) is 4.83. The minimum Gasteiger partial charge on any atom is -0.478 e. The van der Waals surface area contributed by atoms with Crippen LogP contribution in [-0.4, -0.2) is 39.5 Å². The van der Waals surface area contributed by atoms with Gasteiger partial charge in [-0.05, 0) is 32.4 Å². The molecule has 1 heterocycles. The van der Waals surface area contributed by atoms with E-state index in [1.807, 2.05) is 20.8 Å². The summed E-state index contributed by atoms with van der Waals surface area (Å²) in [6.07, 6.45) is 2.25. The molecule has 0 saturated heterocycles. The van der Waals surface area contributed by atoms with Gasteiger partial charge in [0.15, 0.2) is 0 Å². The standard InChI is InChI=1S/C13H18N2O3/c1-4-8-15(9(2)3)12(16)11-10(13(17)18)6-5-7-14-11/h5-7,9H,4,8H2,1-3H3,(H,17,18). The fourth-order valence-corrected chi connectivity index (χ4v) is 1.72. The Morgan fingerprint density at radius 3 is 2.61 bits per heavy atom. The third-order valence-corrected chi connectivity index (χ3v) is 2.59. The van der Waals surface area contributed by atoms with Gasteiger partial charge in [-0.1, -0.05) is 6.92 Å². The molecule has 1 rings (SSSR count). The average molecular weight is 250 g/mol. The lowest BCUT2D eigenvalue weighted by molar-refractivity contribution is 0.0653. The van der Waals surface area contributed by atoms with E-state index in [4.69, 9.17) is 5.11 Å². The molecule has 5 nitrogen and oxygen atoms in total. The molecule has 0 fully saturated rings. The highest BCUT2D eigenvalue weighted by molar-refractivity contribution is 6.03. The number of pyridine rings is 1. The van der Waals surface area contributed by atoms with Crippen LogP contribution < -0.4 is 0 Å². The van der Waals surface area contributed by atoms with E-state index in [-0.39, 0.29) is 23.2 Å². The smallest absolute Gasteiger partial charge is 0.338 e. The van der Waals surface area contributed by atoms with Gasteiger partial charge in [0.2, 0.25) is 0 Å². The fraction of sp³-hybridized carbons (Fsp3) is 0.462. The number of hydrogen-bond acceptors (Lipinski definition) is 3. The van der Waals surface area contributed by atoms with Gasteiger partial charge in [-0.25, -0.2) is 4.79 Å². The summed E-state index contributed by atoms with van der Waals surface area (Å²) in [5, 5.41) is 9.05. The van der Waals surface area contributed by atoms with Gasteiger partial charge in [-0.2, -0.15) is 0 Å². The maximum atomic E-state index is 12.3. The molecule has 0 aromatic carbocycles. The van der Waals surface area contributed by atoms with Crippen molar-refractivity contribution >= 4 is 11.9 Å². The highest BCUT2D eigenvalue weighted by atomic mass is 16.4. The number of rotatable bonds is 5. The van der Waals surface area contributed by atoms with Gasteiger partial charge < -0.3 is 10.0 Å². The largest absolute Gasteiger partial charge is 0.478 e. The quantitative estimate of drug-likeness (QED) is 0.868. The van der Waals surface area contributed by atoms with Crippen molar-refractivity contribution in [3.05, 3.63) is 29.6 Å². The van der Waals surface area contributed by atoms with E-state index in [2.05, 4.69) is 4.98 Å². The van der Waals surface area contributed by atoms with Crippen LogP contribution in [0.2, 0.25) is 0 Å².